The second-order valence-corrected chi connectivity index (χ2v) is 7.98. The van der Waals surface area contributed by atoms with E-state index in [-0.39, 0.29) is 11.2 Å². The van der Waals surface area contributed by atoms with Gasteiger partial charge < -0.3 is 4.90 Å². The molecule has 0 radical (unpaired) electrons. The number of fused-ring (bicyclic) bond motifs is 1. The van der Waals surface area contributed by atoms with E-state index in [0.29, 0.717) is 0 Å². The molecule has 3 heteroatoms. The maximum Gasteiger partial charge on any atom is 0.193 e. The SMILES string of the molecule is Cc1cc2c(cc1C(=O)c1ccccc1)C(C)(C)CCN2CCBr. The van der Waals surface area contributed by atoms with Gasteiger partial charge in [-0.25, -0.2) is 0 Å². The van der Waals surface area contributed by atoms with Gasteiger partial charge in [-0.3, -0.25) is 4.79 Å². The lowest BCUT2D eigenvalue weighted by molar-refractivity contribution is 0.103. The minimum absolute atomic E-state index is 0.0948. The predicted octanol–water partition coefficient (Wildman–Crippen LogP) is 5.11. The first-order valence-electron chi connectivity index (χ1n) is 8.50. The maximum absolute atomic E-state index is 13.0. The number of ketones is 1. The highest BCUT2D eigenvalue weighted by Gasteiger charge is 2.32. The third kappa shape index (κ3) is 3.14. The summed E-state index contributed by atoms with van der Waals surface area (Å²) < 4.78 is 0. The summed E-state index contributed by atoms with van der Waals surface area (Å²) in [5.41, 5.74) is 5.31. The predicted molar refractivity (Wildman–Crippen MR) is 105 cm³/mol. The van der Waals surface area contributed by atoms with Crippen molar-refractivity contribution < 1.29 is 4.79 Å². The van der Waals surface area contributed by atoms with Crippen molar-refractivity contribution in [2.24, 2.45) is 0 Å². The van der Waals surface area contributed by atoms with Crippen LogP contribution < -0.4 is 4.90 Å². The molecule has 1 aliphatic rings. The zero-order valence-electron chi connectivity index (χ0n) is 14.6. The Hall–Kier alpha value is -1.61. The van der Waals surface area contributed by atoms with Gasteiger partial charge >= 0.3 is 0 Å². The Labute approximate surface area is 153 Å². The van der Waals surface area contributed by atoms with E-state index in [1.807, 2.05) is 37.3 Å². The Morgan fingerprint density at radius 2 is 1.92 bits per heavy atom. The number of hydrogen-bond donors (Lipinski definition) is 0. The van der Waals surface area contributed by atoms with E-state index in [9.17, 15) is 4.79 Å². The number of hydrogen-bond acceptors (Lipinski definition) is 2. The zero-order valence-corrected chi connectivity index (χ0v) is 16.2. The molecule has 0 fully saturated rings. The number of carbonyl (C=O) groups is 1. The Balaban J connectivity index is 2.09. The standard InChI is InChI=1S/C21H24BrNO/c1-15-13-19-18(21(2,3)9-11-23(19)12-10-22)14-17(15)20(24)16-7-5-4-6-8-16/h4-8,13-14H,9-12H2,1-3H3. The molecule has 0 saturated heterocycles. The summed E-state index contributed by atoms with van der Waals surface area (Å²) in [6, 6.07) is 13.9. The Bertz CT molecular complexity index is 752. The van der Waals surface area contributed by atoms with Gasteiger partial charge in [-0.2, -0.15) is 0 Å². The van der Waals surface area contributed by atoms with Gasteiger partial charge in [-0.05, 0) is 42.0 Å². The normalized spacial score (nSPS) is 15.9. The number of aryl methyl sites for hydroxylation is 1. The monoisotopic (exact) mass is 385 g/mol. The van der Waals surface area contributed by atoms with Crippen molar-refractivity contribution >= 4 is 27.4 Å². The quantitative estimate of drug-likeness (QED) is 0.538. The topological polar surface area (TPSA) is 20.3 Å². The average Bonchev–Trinajstić information content (AvgIpc) is 2.57. The first kappa shape index (κ1) is 17.2. The lowest BCUT2D eigenvalue weighted by Crippen LogP contribution is -2.38. The largest absolute Gasteiger partial charge is 0.370 e. The number of carbonyl (C=O) groups excluding carboxylic acids is 1. The van der Waals surface area contributed by atoms with Crippen LogP contribution in [-0.2, 0) is 5.41 Å². The van der Waals surface area contributed by atoms with Crippen LogP contribution in [0, 0.1) is 6.92 Å². The fourth-order valence-corrected chi connectivity index (χ4v) is 3.92. The molecule has 0 unspecified atom stereocenters. The van der Waals surface area contributed by atoms with Gasteiger partial charge in [0.1, 0.15) is 0 Å². The maximum atomic E-state index is 13.0. The second-order valence-electron chi connectivity index (χ2n) is 7.19. The van der Waals surface area contributed by atoms with Gasteiger partial charge in [0.2, 0.25) is 0 Å². The lowest BCUT2D eigenvalue weighted by Gasteiger charge is -2.40. The summed E-state index contributed by atoms with van der Waals surface area (Å²) in [6.45, 7) is 8.67. The van der Waals surface area contributed by atoms with Gasteiger partial charge in [0.05, 0.1) is 0 Å². The molecule has 3 rings (SSSR count). The Morgan fingerprint density at radius 3 is 2.58 bits per heavy atom. The van der Waals surface area contributed by atoms with Gasteiger partial charge in [0.25, 0.3) is 0 Å². The van der Waals surface area contributed by atoms with Gasteiger partial charge in [-0.1, -0.05) is 60.1 Å². The summed E-state index contributed by atoms with van der Waals surface area (Å²) in [5, 5.41) is 0.955. The molecule has 0 N–H and O–H groups in total. The second kappa shape index (κ2) is 6.72. The first-order chi connectivity index (χ1) is 11.4. The minimum atomic E-state index is 0.0948. The molecule has 0 bridgehead atoms. The number of halogens is 1. The number of nitrogens with zero attached hydrogens (tertiary/aromatic N) is 1. The Kier molecular flexibility index (Phi) is 4.82. The summed E-state index contributed by atoms with van der Waals surface area (Å²) in [6.07, 6.45) is 1.11. The van der Waals surface area contributed by atoms with E-state index < -0.39 is 0 Å². The van der Waals surface area contributed by atoms with Crippen LogP contribution in [0.2, 0.25) is 0 Å². The van der Waals surface area contributed by atoms with Crippen LogP contribution >= 0.6 is 15.9 Å². The number of alkyl halides is 1. The van der Waals surface area contributed by atoms with E-state index in [0.717, 1.165) is 41.5 Å². The van der Waals surface area contributed by atoms with Crippen LogP contribution in [0.5, 0.6) is 0 Å². The zero-order chi connectivity index (χ0) is 17.3. The minimum Gasteiger partial charge on any atom is -0.370 e. The molecular weight excluding hydrogens is 362 g/mol. The fourth-order valence-electron chi connectivity index (χ4n) is 3.49. The molecule has 0 amide bonds. The molecule has 2 aromatic rings. The van der Waals surface area contributed by atoms with Crippen LogP contribution in [-0.4, -0.2) is 24.2 Å². The number of anilines is 1. The molecule has 0 atom stereocenters. The Morgan fingerprint density at radius 1 is 1.21 bits per heavy atom. The molecule has 2 aromatic carbocycles. The molecule has 0 saturated carbocycles. The molecule has 1 heterocycles. The average molecular weight is 386 g/mol. The highest BCUT2D eigenvalue weighted by Crippen LogP contribution is 2.41. The van der Waals surface area contributed by atoms with Crippen molar-refractivity contribution in [3.8, 4) is 0 Å². The highest BCUT2D eigenvalue weighted by atomic mass is 79.9. The van der Waals surface area contributed by atoms with E-state index in [1.165, 1.54) is 11.3 Å². The molecule has 0 aliphatic carbocycles. The highest BCUT2D eigenvalue weighted by molar-refractivity contribution is 9.09. The summed E-state index contributed by atoms with van der Waals surface area (Å²) in [7, 11) is 0. The van der Waals surface area contributed by atoms with Crippen LogP contribution in [0.25, 0.3) is 0 Å². The van der Waals surface area contributed by atoms with Crippen molar-refractivity contribution in [3.63, 3.8) is 0 Å². The molecule has 126 valence electrons. The van der Waals surface area contributed by atoms with E-state index in [4.69, 9.17) is 0 Å². The summed E-state index contributed by atoms with van der Waals surface area (Å²) in [5.74, 6) is 0.115. The number of benzene rings is 2. The van der Waals surface area contributed by atoms with Crippen molar-refractivity contribution in [1.29, 1.82) is 0 Å². The van der Waals surface area contributed by atoms with Crippen LogP contribution in [0.3, 0.4) is 0 Å². The van der Waals surface area contributed by atoms with Gasteiger partial charge in [0.15, 0.2) is 5.78 Å². The lowest BCUT2D eigenvalue weighted by atomic mass is 9.76. The van der Waals surface area contributed by atoms with E-state index in [2.05, 4.69) is 46.8 Å². The number of rotatable bonds is 4. The summed E-state index contributed by atoms with van der Waals surface area (Å²) >= 11 is 3.56. The van der Waals surface area contributed by atoms with Crippen LogP contribution in [0.4, 0.5) is 5.69 Å². The van der Waals surface area contributed by atoms with Crippen molar-refractivity contribution in [2.45, 2.75) is 32.6 Å². The third-order valence-electron chi connectivity index (χ3n) is 5.05. The first-order valence-corrected chi connectivity index (χ1v) is 9.62. The molecule has 24 heavy (non-hydrogen) atoms. The smallest absolute Gasteiger partial charge is 0.193 e. The van der Waals surface area contributed by atoms with Gasteiger partial charge in [-0.15, -0.1) is 0 Å². The molecule has 0 spiro atoms. The molecule has 1 aliphatic heterocycles. The third-order valence-corrected chi connectivity index (χ3v) is 5.41. The van der Waals surface area contributed by atoms with E-state index >= 15 is 0 Å². The fraction of sp³-hybridized carbons (Fsp3) is 0.381. The van der Waals surface area contributed by atoms with Crippen LogP contribution in [0.1, 0.15) is 47.3 Å². The molecule has 0 aromatic heterocycles. The van der Waals surface area contributed by atoms with E-state index in [1.54, 1.807) is 0 Å². The van der Waals surface area contributed by atoms with Crippen molar-refractivity contribution in [1.82, 2.24) is 0 Å². The molecular formula is C21H24BrNO. The van der Waals surface area contributed by atoms with Crippen molar-refractivity contribution in [3.05, 3.63) is 64.7 Å². The van der Waals surface area contributed by atoms with Crippen molar-refractivity contribution in [2.75, 3.05) is 23.3 Å². The van der Waals surface area contributed by atoms with Crippen LogP contribution in [0.15, 0.2) is 42.5 Å². The van der Waals surface area contributed by atoms with Gasteiger partial charge in [0, 0.05) is 35.2 Å². The molecule has 2 nitrogen and oxygen atoms in total. The summed E-state index contributed by atoms with van der Waals surface area (Å²) in [4.78, 5) is 15.4.